The predicted octanol–water partition coefficient (Wildman–Crippen LogP) is 1.40. The smallest absolute Gasteiger partial charge is 0.254 e. The first-order valence-electron chi connectivity index (χ1n) is 5.58. The highest BCUT2D eigenvalue weighted by Gasteiger charge is 2.23. The molecule has 1 rings (SSSR count). The molecule has 120 valence electrons. The first-order chi connectivity index (χ1) is 10.3. The highest BCUT2D eigenvalue weighted by atomic mass is 35.5. The third-order valence-electron chi connectivity index (χ3n) is 2.44. The largest absolute Gasteiger partial charge is 0.328 e. The highest BCUT2D eigenvalue weighted by molar-refractivity contribution is 6.45. The number of rotatable bonds is 7. The van der Waals surface area contributed by atoms with E-state index in [4.69, 9.17) is 40.0 Å². The van der Waals surface area contributed by atoms with Crippen molar-refractivity contribution in [2.24, 2.45) is 0 Å². The zero-order valence-corrected chi connectivity index (χ0v) is 13.0. The topological polar surface area (TPSA) is 110 Å². The van der Waals surface area contributed by atoms with Crippen LogP contribution in [0.2, 0.25) is 15.1 Å². The lowest BCUT2D eigenvalue weighted by molar-refractivity contribution is -0.180. The molecule has 3 N–H and O–H groups in total. The van der Waals surface area contributed by atoms with Gasteiger partial charge in [0, 0.05) is 5.02 Å². The number of amides is 3. The van der Waals surface area contributed by atoms with Crippen LogP contribution in [-0.2, 0) is 9.59 Å². The molecular weight excluding hydrogens is 360 g/mol. The molecule has 0 saturated heterocycles. The molecule has 1 aromatic rings. The third-order valence-corrected chi connectivity index (χ3v) is 3.46. The van der Waals surface area contributed by atoms with Crippen molar-refractivity contribution in [2.75, 3.05) is 6.54 Å². The van der Waals surface area contributed by atoms with Crippen molar-refractivity contribution in [3.05, 3.63) is 32.8 Å². The van der Waals surface area contributed by atoms with Gasteiger partial charge in [0.15, 0.2) is 6.17 Å². The van der Waals surface area contributed by atoms with Crippen LogP contribution in [0.4, 0.5) is 0 Å². The summed E-state index contributed by atoms with van der Waals surface area (Å²) in [5.74, 6) is -0.834. The molecule has 11 heteroatoms. The number of carbonyl (C=O) groups is 3. The molecule has 0 aliphatic heterocycles. The Balaban J connectivity index is 3.00. The van der Waals surface area contributed by atoms with Gasteiger partial charge in [0.2, 0.25) is 12.8 Å². The predicted molar refractivity (Wildman–Crippen MR) is 77.0 cm³/mol. The lowest BCUT2D eigenvalue weighted by Crippen LogP contribution is -2.52. The fraction of sp³-hybridized carbons (Fsp3) is 0.182. The fourth-order valence-electron chi connectivity index (χ4n) is 1.44. The van der Waals surface area contributed by atoms with E-state index in [-0.39, 0.29) is 43.6 Å². The molecule has 1 unspecified atom stereocenters. The molecule has 0 heterocycles. The Morgan fingerprint density at radius 3 is 2.41 bits per heavy atom. The van der Waals surface area contributed by atoms with E-state index in [2.05, 4.69) is 5.32 Å². The van der Waals surface area contributed by atoms with Gasteiger partial charge in [-0.25, -0.2) is 10.1 Å². The first kappa shape index (κ1) is 18.5. The van der Waals surface area contributed by atoms with Crippen LogP contribution >= 0.6 is 34.8 Å². The van der Waals surface area contributed by atoms with Crippen molar-refractivity contribution in [1.82, 2.24) is 15.4 Å². The summed E-state index contributed by atoms with van der Waals surface area (Å²) in [6.07, 6.45) is -1.41. The minimum atomic E-state index is -1.42. The van der Waals surface area contributed by atoms with Gasteiger partial charge in [0.05, 0.1) is 22.2 Å². The number of carbonyl (C=O) groups excluding carboxylic acids is 3. The standard InChI is InChI=1S/C11H10Cl3N3O5/c12-6-1-7(10(14)8(13)2-6)11(20)15-9(17(22)5-19)3-16(21)4-18/h1-2,4-5,9,21-22H,3H2,(H,15,20). The SMILES string of the molecule is O=CN(O)CC(NC(=O)c1cc(Cl)cc(Cl)c1Cl)N(O)C=O. The number of halogens is 3. The summed E-state index contributed by atoms with van der Waals surface area (Å²) < 4.78 is 0. The van der Waals surface area contributed by atoms with Crippen molar-refractivity contribution in [3.8, 4) is 0 Å². The zero-order chi connectivity index (χ0) is 16.9. The lowest BCUT2D eigenvalue weighted by Gasteiger charge is -2.25. The van der Waals surface area contributed by atoms with Gasteiger partial charge >= 0.3 is 0 Å². The fourth-order valence-corrected chi connectivity index (χ4v) is 2.13. The van der Waals surface area contributed by atoms with Gasteiger partial charge in [-0.3, -0.25) is 24.8 Å². The van der Waals surface area contributed by atoms with E-state index >= 15 is 0 Å². The maximum atomic E-state index is 12.1. The highest BCUT2D eigenvalue weighted by Crippen LogP contribution is 2.29. The van der Waals surface area contributed by atoms with Gasteiger partial charge in [-0.15, -0.1) is 0 Å². The monoisotopic (exact) mass is 369 g/mol. The van der Waals surface area contributed by atoms with Gasteiger partial charge in [-0.05, 0) is 12.1 Å². The van der Waals surface area contributed by atoms with Crippen LogP contribution in [0.1, 0.15) is 10.4 Å². The van der Waals surface area contributed by atoms with Crippen molar-refractivity contribution in [3.63, 3.8) is 0 Å². The zero-order valence-electron chi connectivity index (χ0n) is 10.7. The van der Waals surface area contributed by atoms with Gasteiger partial charge in [-0.2, -0.15) is 0 Å². The molecule has 0 spiro atoms. The van der Waals surface area contributed by atoms with E-state index in [0.29, 0.717) is 0 Å². The summed E-state index contributed by atoms with van der Waals surface area (Å²) in [6, 6.07) is 2.55. The number of nitrogens with one attached hydrogen (secondary N) is 1. The van der Waals surface area contributed by atoms with Gasteiger partial charge < -0.3 is 5.32 Å². The number of hydroxylamine groups is 4. The minimum absolute atomic E-state index is 0.0177. The normalized spacial score (nSPS) is 11.5. The van der Waals surface area contributed by atoms with E-state index in [1.807, 2.05) is 0 Å². The molecule has 0 fully saturated rings. The van der Waals surface area contributed by atoms with Crippen LogP contribution < -0.4 is 5.32 Å². The van der Waals surface area contributed by atoms with Crippen LogP contribution in [0.5, 0.6) is 0 Å². The molecule has 0 aromatic heterocycles. The quantitative estimate of drug-likeness (QED) is 0.221. The van der Waals surface area contributed by atoms with E-state index < -0.39 is 18.6 Å². The Bertz CT molecular complexity index is 586. The second kappa shape index (κ2) is 8.16. The second-order valence-corrected chi connectivity index (χ2v) is 5.17. The molecule has 0 aliphatic carbocycles. The Morgan fingerprint density at radius 2 is 1.86 bits per heavy atom. The van der Waals surface area contributed by atoms with Crippen LogP contribution in [0.15, 0.2) is 12.1 Å². The van der Waals surface area contributed by atoms with Crippen molar-refractivity contribution in [1.29, 1.82) is 0 Å². The first-order valence-corrected chi connectivity index (χ1v) is 6.72. The Kier molecular flexibility index (Phi) is 6.85. The molecule has 3 amide bonds. The average molecular weight is 371 g/mol. The molecule has 22 heavy (non-hydrogen) atoms. The summed E-state index contributed by atoms with van der Waals surface area (Å²) in [5, 5.41) is 20.9. The Morgan fingerprint density at radius 1 is 1.23 bits per heavy atom. The maximum Gasteiger partial charge on any atom is 0.254 e. The molecule has 0 aliphatic rings. The van der Waals surface area contributed by atoms with Crippen molar-refractivity contribution < 1.29 is 24.8 Å². The third kappa shape index (κ3) is 4.72. The summed E-state index contributed by atoms with van der Waals surface area (Å²) >= 11 is 17.4. The maximum absolute atomic E-state index is 12.1. The van der Waals surface area contributed by atoms with Crippen LogP contribution in [-0.4, -0.2) is 52.0 Å². The molecule has 0 bridgehead atoms. The van der Waals surface area contributed by atoms with E-state index in [1.54, 1.807) is 0 Å². The molecular formula is C11H10Cl3N3O5. The minimum Gasteiger partial charge on any atom is -0.328 e. The average Bonchev–Trinajstić information content (AvgIpc) is 2.48. The number of nitrogens with zero attached hydrogens (tertiary/aromatic N) is 2. The second-order valence-electron chi connectivity index (χ2n) is 3.95. The summed E-state index contributed by atoms with van der Waals surface area (Å²) in [7, 11) is 0. The van der Waals surface area contributed by atoms with E-state index in [9.17, 15) is 19.6 Å². The summed E-state index contributed by atoms with van der Waals surface area (Å²) in [4.78, 5) is 33.1. The van der Waals surface area contributed by atoms with Crippen LogP contribution in [0.25, 0.3) is 0 Å². The molecule has 0 radical (unpaired) electrons. The van der Waals surface area contributed by atoms with Gasteiger partial charge in [0.25, 0.3) is 5.91 Å². The van der Waals surface area contributed by atoms with Crippen LogP contribution in [0.3, 0.4) is 0 Å². The number of benzene rings is 1. The van der Waals surface area contributed by atoms with Gasteiger partial charge in [-0.1, -0.05) is 34.8 Å². The molecule has 1 aromatic carbocycles. The van der Waals surface area contributed by atoms with Crippen LogP contribution in [0, 0.1) is 0 Å². The summed E-state index contributed by atoms with van der Waals surface area (Å²) in [6.45, 7) is -0.587. The molecule has 1 atom stereocenters. The number of hydrogen-bond acceptors (Lipinski definition) is 5. The molecule has 0 saturated carbocycles. The molecule has 8 nitrogen and oxygen atoms in total. The van der Waals surface area contributed by atoms with Crippen molar-refractivity contribution >= 4 is 53.5 Å². The Labute approximate surface area is 139 Å². The van der Waals surface area contributed by atoms with E-state index in [1.165, 1.54) is 12.1 Å². The van der Waals surface area contributed by atoms with Crippen molar-refractivity contribution in [2.45, 2.75) is 6.17 Å². The van der Waals surface area contributed by atoms with Gasteiger partial charge in [0.1, 0.15) is 0 Å². The summed E-state index contributed by atoms with van der Waals surface area (Å²) in [5.41, 5.74) is -0.112. The lowest BCUT2D eigenvalue weighted by atomic mass is 10.2. The Hall–Kier alpha value is -1.58. The number of hydrogen-bond donors (Lipinski definition) is 3. The van der Waals surface area contributed by atoms with E-state index in [0.717, 1.165) is 0 Å².